The van der Waals surface area contributed by atoms with Gasteiger partial charge in [0.25, 0.3) is 0 Å². The summed E-state index contributed by atoms with van der Waals surface area (Å²) in [6.45, 7) is 3.00. The van der Waals surface area contributed by atoms with Crippen LogP contribution in [0.2, 0.25) is 0 Å². The lowest BCUT2D eigenvalue weighted by atomic mass is 9.95. The van der Waals surface area contributed by atoms with Gasteiger partial charge in [-0.05, 0) is 19.3 Å². The van der Waals surface area contributed by atoms with Crippen molar-refractivity contribution in [1.29, 1.82) is 0 Å². The molecule has 5 nitrogen and oxygen atoms in total. The predicted molar refractivity (Wildman–Crippen MR) is 75.7 cm³/mol. The third-order valence-corrected chi connectivity index (χ3v) is 3.37. The predicted octanol–water partition coefficient (Wildman–Crippen LogP) is 2.63. The largest absolute Gasteiger partial charge is 0.393 e. The third kappa shape index (κ3) is 3.24. The van der Waals surface area contributed by atoms with E-state index in [9.17, 15) is 0 Å². The lowest BCUT2D eigenvalue weighted by molar-refractivity contribution is 0.462. The SMILES string of the molecule is CCCNc1ncnc(NC2CCCCC2)c1N. The number of nitrogens with two attached hydrogens (primary N) is 1. The van der Waals surface area contributed by atoms with E-state index in [4.69, 9.17) is 5.73 Å². The summed E-state index contributed by atoms with van der Waals surface area (Å²) in [6, 6.07) is 0.509. The number of anilines is 3. The number of aromatic nitrogens is 2. The van der Waals surface area contributed by atoms with Crippen molar-refractivity contribution >= 4 is 17.3 Å². The topological polar surface area (TPSA) is 75.9 Å². The molecule has 18 heavy (non-hydrogen) atoms. The monoisotopic (exact) mass is 249 g/mol. The fraction of sp³-hybridized carbons (Fsp3) is 0.692. The van der Waals surface area contributed by atoms with Gasteiger partial charge >= 0.3 is 0 Å². The minimum Gasteiger partial charge on any atom is -0.393 e. The minimum atomic E-state index is 0.509. The van der Waals surface area contributed by atoms with Crippen molar-refractivity contribution < 1.29 is 0 Å². The molecule has 0 spiro atoms. The maximum atomic E-state index is 6.09. The second kappa shape index (κ2) is 6.42. The van der Waals surface area contributed by atoms with E-state index in [0.29, 0.717) is 11.7 Å². The molecule has 0 aromatic carbocycles. The average Bonchev–Trinajstić information content (AvgIpc) is 2.41. The Balaban J connectivity index is 2.02. The smallest absolute Gasteiger partial charge is 0.155 e. The van der Waals surface area contributed by atoms with E-state index in [0.717, 1.165) is 24.6 Å². The van der Waals surface area contributed by atoms with Crippen molar-refractivity contribution in [2.75, 3.05) is 22.9 Å². The molecule has 1 fully saturated rings. The molecule has 0 saturated heterocycles. The van der Waals surface area contributed by atoms with Gasteiger partial charge in [-0.3, -0.25) is 0 Å². The van der Waals surface area contributed by atoms with Crippen molar-refractivity contribution in [3.05, 3.63) is 6.33 Å². The van der Waals surface area contributed by atoms with Crippen LogP contribution in [0.15, 0.2) is 6.33 Å². The number of hydrogen-bond donors (Lipinski definition) is 3. The van der Waals surface area contributed by atoms with E-state index in [1.165, 1.54) is 32.1 Å². The first kappa shape index (κ1) is 12.9. The standard InChI is InChI=1S/C13H23N5/c1-2-8-15-12-11(14)13(17-9-16-12)18-10-6-4-3-5-7-10/h9-10H,2-8,14H2,1H3,(H2,15,16,17,18). The van der Waals surface area contributed by atoms with Crippen LogP contribution in [0.4, 0.5) is 17.3 Å². The molecule has 1 aromatic heterocycles. The van der Waals surface area contributed by atoms with E-state index in [1.807, 2.05) is 0 Å². The maximum Gasteiger partial charge on any atom is 0.155 e. The van der Waals surface area contributed by atoms with Crippen LogP contribution in [-0.2, 0) is 0 Å². The summed E-state index contributed by atoms with van der Waals surface area (Å²) in [5.41, 5.74) is 6.73. The van der Waals surface area contributed by atoms with Gasteiger partial charge in [0.2, 0.25) is 0 Å². The molecule has 5 heteroatoms. The van der Waals surface area contributed by atoms with Crippen LogP contribution < -0.4 is 16.4 Å². The van der Waals surface area contributed by atoms with Gasteiger partial charge in [0.1, 0.15) is 12.0 Å². The number of rotatable bonds is 5. The van der Waals surface area contributed by atoms with Gasteiger partial charge in [0, 0.05) is 12.6 Å². The van der Waals surface area contributed by atoms with Gasteiger partial charge in [-0.15, -0.1) is 0 Å². The summed E-state index contributed by atoms with van der Waals surface area (Å²) in [6.07, 6.45) is 8.98. The zero-order valence-electron chi connectivity index (χ0n) is 11.1. The highest BCUT2D eigenvalue weighted by Crippen LogP contribution is 2.26. The number of nitrogen functional groups attached to an aromatic ring is 1. The van der Waals surface area contributed by atoms with Crippen LogP contribution >= 0.6 is 0 Å². The Labute approximate surface area is 109 Å². The van der Waals surface area contributed by atoms with Crippen LogP contribution in [0, 0.1) is 0 Å². The maximum absolute atomic E-state index is 6.09. The van der Waals surface area contributed by atoms with Gasteiger partial charge in [-0.1, -0.05) is 26.2 Å². The van der Waals surface area contributed by atoms with Crippen molar-refractivity contribution in [2.45, 2.75) is 51.5 Å². The van der Waals surface area contributed by atoms with E-state index in [1.54, 1.807) is 6.33 Å². The number of hydrogen-bond acceptors (Lipinski definition) is 5. The molecule has 0 bridgehead atoms. The summed E-state index contributed by atoms with van der Waals surface area (Å²) in [7, 11) is 0. The van der Waals surface area contributed by atoms with Crippen LogP contribution in [-0.4, -0.2) is 22.6 Å². The molecular weight excluding hydrogens is 226 g/mol. The molecule has 100 valence electrons. The van der Waals surface area contributed by atoms with Crippen LogP contribution in [0.5, 0.6) is 0 Å². The molecular formula is C13H23N5. The lowest BCUT2D eigenvalue weighted by Crippen LogP contribution is -2.24. The molecule has 0 aliphatic heterocycles. The van der Waals surface area contributed by atoms with Gasteiger partial charge in [0.05, 0.1) is 0 Å². The summed E-state index contributed by atoms with van der Waals surface area (Å²) >= 11 is 0. The van der Waals surface area contributed by atoms with Crippen molar-refractivity contribution in [3.8, 4) is 0 Å². The first-order chi connectivity index (χ1) is 8.81. The summed E-state index contributed by atoms with van der Waals surface area (Å²) < 4.78 is 0. The average molecular weight is 249 g/mol. The van der Waals surface area contributed by atoms with E-state index in [-0.39, 0.29) is 0 Å². The molecule has 0 atom stereocenters. The number of nitrogens with one attached hydrogen (secondary N) is 2. The van der Waals surface area contributed by atoms with Crippen molar-refractivity contribution in [2.24, 2.45) is 0 Å². The molecule has 2 rings (SSSR count). The van der Waals surface area contributed by atoms with Crippen LogP contribution in [0.1, 0.15) is 45.4 Å². The van der Waals surface area contributed by atoms with Crippen molar-refractivity contribution in [1.82, 2.24) is 9.97 Å². The van der Waals surface area contributed by atoms with Crippen molar-refractivity contribution in [3.63, 3.8) is 0 Å². The Morgan fingerprint density at radius 3 is 2.67 bits per heavy atom. The van der Waals surface area contributed by atoms with E-state index < -0.39 is 0 Å². The molecule has 0 radical (unpaired) electrons. The molecule has 1 aromatic rings. The Kier molecular flexibility index (Phi) is 4.61. The highest BCUT2D eigenvalue weighted by molar-refractivity contribution is 5.74. The molecule has 0 amide bonds. The molecule has 1 heterocycles. The fourth-order valence-electron chi connectivity index (χ4n) is 2.34. The summed E-state index contributed by atoms with van der Waals surface area (Å²) in [4.78, 5) is 8.44. The fourth-order valence-corrected chi connectivity index (χ4v) is 2.34. The first-order valence-corrected chi connectivity index (χ1v) is 6.92. The second-order valence-electron chi connectivity index (χ2n) is 4.89. The second-order valence-corrected chi connectivity index (χ2v) is 4.89. The van der Waals surface area contributed by atoms with Gasteiger partial charge < -0.3 is 16.4 Å². The van der Waals surface area contributed by atoms with Crippen LogP contribution in [0.25, 0.3) is 0 Å². The Morgan fingerprint density at radius 1 is 1.22 bits per heavy atom. The molecule has 0 unspecified atom stereocenters. The Hall–Kier alpha value is -1.52. The molecule has 1 aliphatic rings. The molecule has 1 saturated carbocycles. The normalized spacial score (nSPS) is 16.5. The summed E-state index contributed by atoms with van der Waals surface area (Å²) in [5.74, 6) is 1.51. The molecule has 4 N–H and O–H groups in total. The van der Waals surface area contributed by atoms with E-state index in [2.05, 4.69) is 27.5 Å². The highest BCUT2D eigenvalue weighted by atomic mass is 15.1. The summed E-state index contributed by atoms with van der Waals surface area (Å²) in [5, 5.41) is 6.67. The minimum absolute atomic E-state index is 0.509. The van der Waals surface area contributed by atoms with Gasteiger partial charge in [-0.25, -0.2) is 9.97 Å². The quantitative estimate of drug-likeness (QED) is 0.748. The van der Waals surface area contributed by atoms with Gasteiger partial charge in [-0.2, -0.15) is 0 Å². The third-order valence-electron chi connectivity index (χ3n) is 3.37. The molecule has 1 aliphatic carbocycles. The van der Waals surface area contributed by atoms with Gasteiger partial charge in [0.15, 0.2) is 11.6 Å². The number of nitrogens with zero attached hydrogens (tertiary/aromatic N) is 2. The zero-order chi connectivity index (χ0) is 12.8. The Bertz CT molecular complexity index is 374. The van der Waals surface area contributed by atoms with E-state index >= 15 is 0 Å². The lowest BCUT2D eigenvalue weighted by Gasteiger charge is -2.24. The highest BCUT2D eigenvalue weighted by Gasteiger charge is 2.16. The Morgan fingerprint density at radius 2 is 1.94 bits per heavy atom. The first-order valence-electron chi connectivity index (χ1n) is 6.92. The zero-order valence-corrected chi connectivity index (χ0v) is 11.1. The van der Waals surface area contributed by atoms with Crippen LogP contribution in [0.3, 0.4) is 0 Å².